The molecule has 2 nitrogen and oxygen atoms in total. The van der Waals surface area contributed by atoms with Gasteiger partial charge < -0.3 is 5.32 Å². The zero-order chi connectivity index (χ0) is 15.0. The summed E-state index contributed by atoms with van der Waals surface area (Å²) in [4.78, 5) is 2.62. The number of hydrogen-bond acceptors (Lipinski definition) is 2. The summed E-state index contributed by atoms with van der Waals surface area (Å²) in [7, 11) is 0. The van der Waals surface area contributed by atoms with Gasteiger partial charge in [0.2, 0.25) is 0 Å². The molecule has 0 aromatic carbocycles. The van der Waals surface area contributed by atoms with Crippen LogP contribution in [0.25, 0.3) is 0 Å². The average molecular weight is 296 g/mol. The molecule has 1 N–H and O–H groups in total. The minimum absolute atomic E-state index is 0.742. The molecule has 1 heterocycles. The van der Waals surface area contributed by atoms with Gasteiger partial charge in [-0.15, -0.1) is 0 Å². The highest BCUT2D eigenvalue weighted by Crippen LogP contribution is 2.22. The third-order valence-corrected chi connectivity index (χ3v) is 4.66. The molecule has 0 spiro atoms. The van der Waals surface area contributed by atoms with Crippen molar-refractivity contribution < 1.29 is 0 Å². The Morgan fingerprint density at radius 1 is 1.14 bits per heavy atom. The molecule has 1 atom stereocenters. The molecule has 3 aliphatic rings. The van der Waals surface area contributed by atoms with Crippen LogP contribution < -0.4 is 5.32 Å². The van der Waals surface area contributed by atoms with E-state index in [0.29, 0.717) is 0 Å². The summed E-state index contributed by atoms with van der Waals surface area (Å²) in [6, 6.07) is 0. The van der Waals surface area contributed by atoms with Crippen LogP contribution in [0.5, 0.6) is 0 Å². The fourth-order valence-electron chi connectivity index (χ4n) is 3.53. The molecule has 2 heteroatoms. The van der Waals surface area contributed by atoms with Crippen LogP contribution in [0.1, 0.15) is 25.7 Å². The van der Waals surface area contributed by atoms with Crippen molar-refractivity contribution >= 4 is 0 Å². The molecule has 3 rings (SSSR count). The third kappa shape index (κ3) is 4.82. The van der Waals surface area contributed by atoms with E-state index in [9.17, 15) is 0 Å². The van der Waals surface area contributed by atoms with E-state index in [1.165, 1.54) is 31.4 Å². The SMILES string of the molecule is C1=CCC=CC(CN2CCNCC(CC3=CC=CCC3)C2)=C1. The van der Waals surface area contributed by atoms with Gasteiger partial charge in [-0.05, 0) is 43.7 Å². The van der Waals surface area contributed by atoms with E-state index in [-0.39, 0.29) is 0 Å². The summed E-state index contributed by atoms with van der Waals surface area (Å²) >= 11 is 0. The molecular formula is C20H28N2. The molecule has 22 heavy (non-hydrogen) atoms. The minimum Gasteiger partial charge on any atom is -0.315 e. The first-order valence-electron chi connectivity index (χ1n) is 8.70. The maximum atomic E-state index is 3.63. The molecule has 0 aromatic heterocycles. The molecule has 1 unspecified atom stereocenters. The van der Waals surface area contributed by atoms with Gasteiger partial charge in [0, 0.05) is 26.2 Å². The van der Waals surface area contributed by atoms with Crippen LogP contribution in [0.15, 0.2) is 59.8 Å². The highest BCUT2D eigenvalue weighted by molar-refractivity contribution is 5.28. The third-order valence-electron chi connectivity index (χ3n) is 4.66. The van der Waals surface area contributed by atoms with E-state index < -0.39 is 0 Å². The maximum absolute atomic E-state index is 3.63. The molecular weight excluding hydrogens is 268 g/mol. The Hall–Kier alpha value is -1.38. The standard InChI is InChI=1S/C20H28N2/c1-2-5-11-19(10-4-1)16-22-13-12-21-15-20(17-22)14-18-8-6-3-7-9-18/h1,3-6,8,10-11,20-21H,2,7,9,12-17H2. The molecule has 0 saturated carbocycles. The topological polar surface area (TPSA) is 15.3 Å². The predicted molar refractivity (Wildman–Crippen MR) is 94.9 cm³/mol. The average Bonchev–Trinajstić information content (AvgIpc) is 2.92. The van der Waals surface area contributed by atoms with Gasteiger partial charge in [-0.25, -0.2) is 0 Å². The van der Waals surface area contributed by atoms with Crippen molar-refractivity contribution in [2.45, 2.75) is 25.7 Å². The smallest absolute Gasteiger partial charge is 0.0234 e. The number of hydrogen-bond donors (Lipinski definition) is 1. The van der Waals surface area contributed by atoms with Crippen molar-refractivity contribution in [3.63, 3.8) is 0 Å². The molecule has 118 valence electrons. The van der Waals surface area contributed by atoms with Crippen LogP contribution in [0.2, 0.25) is 0 Å². The van der Waals surface area contributed by atoms with Crippen molar-refractivity contribution in [3.8, 4) is 0 Å². The van der Waals surface area contributed by atoms with E-state index in [1.807, 2.05) is 0 Å². The Labute approximate surface area is 135 Å². The number of nitrogens with zero attached hydrogens (tertiary/aromatic N) is 1. The second-order valence-electron chi connectivity index (χ2n) is 6.61. The lowest BCUT2D eigenvalue weighted by atomic mass is 9.93. The number of rotatable bonds is 4. The molecule has 1 fully saturated rings. The number of allylic oxidation sites excluding steroid dienone is 8. The van der Waals surface area contributed by atoms with Crippen molar-refractivity contribution in [1.82, 2.24) is 10.2 Å². The maximum Gasteiger partial charge on any atom is 0.0234 e. The summed E-state index contributed by atoms with van der Waals surface area (Å²) in [6.45, 7) is 5.72. The Kier molecular flexibility index (Phi) is 5.86. The zero-order valence-corrected chi connectivity index (χ0v) is 13.5. The number of nitrogens with one attached hydrogen (secondary N) is 1. The summed E-state index contributed by atoms with van der Waals surface area (Å²) in [6.07, 6.45) is 22.9. The van der Waals surface area contributed by atoms with Crippen molar-refractivity contribution in [3.05, 3.63) is 59.8 Å². The summed E-state index contributed by atoms with van der Waals surface area (Å²) in [5.41, 5.74) is 3.07. The first-order chi connectivity index (χ1) is 10.9. The van der Waals surface area contributed by atoms with Gasteiger partial charge in [0.1, 0.15) is 0 Å². The summed E-state index contributed by atoms with van der Waals surface area (Å²) in [5, 5.41) is 3.63. The largest absolute Gasteiger partial charge is 0.315 e. The second-order valence-corrected chi connectivity index (χ2v) is 6.61. The molecule has 0 radical (unpaired) electrons. The van der Waals surface area contributed by atoms with E-state index in [1.54, 1.807) is 5.57 Å². The molecule has 0 bridgehead atoms. The predicted octanol–water partition coefficient (Wildman–Crippen LogP) is 3.62. The Morgan fingerprint density at radius 2 is 2.09 bits per heavy atom. The van der Waals surface area contributed by atoms with Gasteiger partial charge in [-0.3, -0.25) is 4.90 Å². The molecule has 1 aliphatic heterocycles. The Balaban J connectivity index is 1.57. The van der Waals surface area contributed by atoms with Crippen LogP contribution in [0.4, 0.5) is 0 Å². The van der Waals surface area contributed by atoms with Gasteiger partial charge >= 0.3 is 0 Å². The normalized spacial score (nSPS) is 26.3. The molecule has 0 amide bonds. The Morgan fingerprint density at radius 3 is 3.00 bits per heavy atom. The first kappa shape index (κ1) is 15.5. The van der Waals surface area contributed by atoms with Crippen LogP contribution in [0, 0.1) is 5.92 Å². The van der Waals surface area contributed by atoms with E-state index in [4.69, 9.17) is 0 Å². The second kappa shape index (κ2) is 8.30. The molecule has 1 saturated heterocycles. The van der Waals surface area contributed by atoms with Gasteiger partial charge in [0.25, 0.3) is 0 Å². The van der Waals surface area contributed by atoms with Crippen LogP contribution in [-0.2, 0) is 0 Å². The monoisotopic (exact) mass is 296 g/mol. The van der Waals surface area contributed by atoms with Crippen molar-refractivity contribution in [1.29, 1.82) is 0 Å². The fraction of sp³-hybridized carbons (Fsp3) is 0.500. The highest BCUT2D eigenvalue weighted by Gasteiger charge is 2.19. The zero-order valence-electron chi connectivity index (χ0n) is 13.5. The van der Waals surface area contributed by atoms with E-state index in [0.717, 1.165) is 38.5 Å². The van der Waals surface area contributed by atoms with Crippen molar-refractivity contribution in [2.24, 2.45) is 5.92 Å². The highest BCUT2D eigenvalue weighted by atomic mass is 15.2. The van der Waals surface area contributed by atoms with E-state index in [2.05, 4.69) is 58.8 Å². The van der Waals surface area contributed by atoms with Gasteiger partial charge in [-0.2, -0.15) is 0 Å². The van der Waals surface area contributed by atoms with E-state index >= 15 is 0 Å². The lowest BCUT2D eigenvalue weighted by Crippen LogP contribution is -2.32. The summed E-state index contributed by atoms with van der Waals surface area (Å²) in [5.74, 6) is 0.742. The van der Waals surface area contributed by atoms with Crippen LogP contribution in [0.3, 0.4) is 0 Å². The van der Waals surface area contributed by atoms with Gasteiger partial charge in [-0.1, -0.05) is 54.2 Å². The lowest BCUT2D eigenvalue weighted by molar-refractivity contribution is 0.277. The fourth-order valence-corrected chi connectivity index (χ4v) is 3.53. The van der Waals surface area contributed by atoms with Gasteiger partial charge in [0.05, 0.1) is 0 Å². The minimum atomic E-state index is 0.742. The lowest BCUT2D eigenvalue weighted by Gasteiger charge is -2.25. The molecule has 2 aliphatic carbocycles. The molecule has 0 aromatic rings. The quantitative estimate of drug-likeness (QED) is 0.852. The Bertz CT molecular complexity index is 508. The van der Waals surface area contributed by atoms with Crippen LogP contribution in [-0.4, -0.2) is 37.6 Å². The summed E-state index contributed by atoms with van der Waals surface area (Å²) < 4.78 is 0. The van der Waals surface area contributed by atoms with Crippen LogP contribution >= 0.6 is 0 Å². The first-order valence-corrected chi connectivity index (χ1v) is 8.70. The van der Waals surface area contributed by atoms with Gasteiger partial charge in [0.15, 0.2) is 0 Å². The van der Waals surface area contributed by atoms with Crippen molar-refractivity contribution in [2.75, 3.05) is 32.7 Å².